The molecule has 4 aromatic rings. The Balaban J connectivity index is 1.62. The normalized spacial score (nSPS) is 12.2. The topological polar surface area (TPSA) is 76.9 Å². The van der Waals surface area contributed by atoms with Gasteiger partial charge in [0, 0.05) is 23.4 Å². The van der Waals surface area contributed by atoms with Crippen molar-refractivity contribution in [2.75, 3.05) is 0 Å². The maximum Gasteiger partial charge on any atom is 0.278 e. The van der Waals surface area contributed by atoms with E-state index in [2.05, 4.69) is 15.3 Å². The number of fused-ring (bicyclic) bond motifs is 1. The van der Waals surface area contributed by atoms with Crippen LogP contribution in [0.25, 0.3) is 22.4 Å². The van der Waals surface area contributed by atoms with Crippen LogP contribution >= 0.6 is 0 Å². The molecule has 2 heterocycles. The van der Waals surface area contributed by atoms with Crippen LogP contribution in [0.3, 0.4) is 0 Å². The minimum atomic E-state index is -0.198. The zero-order chi connectivity index (χ0) is 22.8. The van der Waals surface area contributed by atoms with E-state index < -0.39 is 0 Å². The Bertz CT molecular complexity index is 1320. The molecule has 1 N–H and O–H groups in total. The zero-order valence-corrected chi connectivity index (χ0v) is 18.7. The van der Waals surface area contributed by atoms with Crippen molar-refractivity contribution in [1.29, 1.82) is 0 Å². The maximum atomic E-state index is 13.2. The predicted octanol–water partition coefficient (Wildman–Crippen LogP) is 4.84. The summed E-state index contributed by atoms with van der Waals surface area (Å²) in [6.07, 6.45) is 1.66. The van der Waals surface area contributed by atoms with Crippen LogP contribution < -0.4 is 10.9 Å². The molecule has 2 aromatic heterocycles. The fourth-order valence-electron chi connectivity index (χ4n) is 3.70. The molecule has 4 rings (SSSR count). The zero-order valence-electron chi connectivity index (χ0n) is 18.7. The SMILES string of the molecule is Cc1ccc(C(C)NC(=O)c2ccc(-c3nc4cccnc4n(C(C)C)c3=O)cc2)cc1. The average molecular weight is 427 g/mol. The van der Waals surface area contributed by atoms with E-state index in [0.717, 1.165) is 5.56 Å². The fourth-order valence-corrected chi connectivity index (χ4v) is 3.70. The Morgan fingerprint density at radius 1 is 0.969 bits per heavy atom. The lowest BCUT2D eigenvalue weighted by atomic mass is 10.1. The van der Waals surface area contributed by atoms with Crippen molar-refractivity contribution in [2.45, 2.75) is 39.8 Å². The van der Waals surface area contributed by atoms with Gasteiger partial charge in [-0.3, -0.25) is 14.2 Å². The predicted molar refractivity (Wildman–Crippen MR) is 127 cm³/mol. The maximum absolute atomic E-state index is 13.2. The molecule has 0 aliphatic heterocycles. The number of aryl methyl sites for hydroxylation is 1. The molecule has 0 saturated carbocycles. The van der Waals surface area contributed by atoms with Crippen molar-refractivity contribution in [3.63, 3.8) is 0 Å². The van der Waals surface area contributed by atoms with Crippen LogP contribution in [0.2, 0.25) is 0 Å². The molecule has 1 atom stereocenters. The summed E-state index contributed by atoms with van der Waals surface area (Å²) in [6, 6.07) is 18.5. The monoisotopic (exact) mass is 426 g/mol. The second-order valence-corrected chi connectivity index (χ2v) is 8.26. The summed E-state index contributed by atoms with van der Waals surface area (Å²) in [4.78, 5) is 34.8. The molecule has 162 valence electrons. The first-order valence-corrected chi connectivity index (χ1v) is 10.7. The third kappa shape index (κ3) is 4.17. The molecule has 0 bridgehead atoms. The highest BCUT2D eigenvalue weighted by atomic mass is 16.1. The van der Waals surface area contributed by atoms with Crippen molar-refractivity contribution < 1.29 is 4.79 Å². The van der Waals surface area contributed by atoms with Gasteiger partial charge in [0.25, 0.3) is 11.5 Å². The number of hydrogen-bond acceptors (Lipinski definition) is 4. The van der Waals surface area contributed by atoms with Crippen LogP contribution in [-0.2, 0) is 0 Å². The van der Waals surface area contributed by atoms with Crippen LogP contribution in [0.1, 0.15) is 54.3 Å². The Morgan fingerprint density at radius 3 is 2.31 bits per heavy atom. The third-order valence-electron chi connectivity index (χ3n) is 5.51. The second-order valence-electron chi connectivity index (χ2n) is 8.26. The Labute approximate surface area is 187 Å². The van der Waals surface area contributed by atoms with Crippen molar-refractivity contribution in [3.05, 3.63) is 93.9 Å². The van der Waals surface area contributed by atoms with Gasteiger partial charge >= 0.3 is 0 Å². The minimum Gasteiger partial charge on any atom is -0.346 e. The fraction of sp³-hybridized carbons (Fsp3) is 0.231. The summed E-state index contributed by atoms with van der Waals surface area (Å²) < 4.78 is 1.65. The van der Waals surface area contributed by atoms with Gasteiger partial charge in [0.15, 0.2) is 5.65 Å². The number of amides is 1. The molecule has 0 aliphatic carbocycles. The van der Waals surface area contributed by atoms with Gasteiger partial charge in [-0.05, 0) is 57.5 Å². The number of aromatic nitrogens is 3. The van der Waals surface area contributed by atoms with Crippen molar-refractivity contribution in [3.8, 4) is 11.3 Å². The standard InChI is InChI=1S/C26H26N4O2/c1-16(2)30-24-22(6-5-15-27-24)29-23(26(30)32)20-11-13-21(14-12-20)25(31)28-18(4)19-9-7-17(3)8-10-19/h5-16,18H,1-4H3,(H,28,31). The van der Waals surface area contributed by atoms with Crippen molar-refractivity contribution in [2.24, 2.45) is 0 Å². The van der Waals surface area contributed by atoms with Crippen LogP contribution in [0.4, 0.5) is 0 Å². The smallest absolute Gasteiger partial charge is 0.278 e. The van der Waals surface area contributed by atoms with Crippen LogP contribution in [0, 0.1) is 6.92 Å². The van der Waals surface area contributed by atoms with Gasteiger partial charge in [-0.1, -0.05) is 42.0 Å². The number of carbonyl (C=O) groups excluding carboxylic acids is 1. The van der Waals surface area contributed by atoms with E-state index in [9.17, 15) is 9.59 Å². The molecule has 0 spiro atoms. The molecule has 2 aromatic carbocycles. The number of nitrogens with one attached hydrogen (secondary N) is 1. The Kier molecular flexibility index (Phi) is 5.86. The van der Waals surface area contributed by atoms with Gasteiger partial charge < -0.3 is 5.32 Å². The van der Waals surface area contributed by atoms with Gasteiger partial charge in [0.2, 0.25) is 0 Å². The number of hydrogen-bond donors (Lipinski definition) is 1. The molecule has 1 unspecified atom stereocenters. The first kappa shape index (κ1) is 21.4. The first-order valence-electron chi connectivity index (χ1n) is 10.7. The Hall–Kier alpha value is -3.80. The number of pyridine rings is 1. The lowest BCUT2D eigenvalue weighted by Gasteiger charge is -2.15. The number of carbonyl (C=O) groups is 1. The molecule has 0 fully saturated rings. The van der Waals surface area contributed by atoms with E-state index in [1.54, 1.807) is 41.1 Å². The largest absolute Gasteiger partial charge is 0.346 e. The summed E-state index contributed by atoms with van der Waals surface area (Å²) in [5, 5.41) is 3.02. The highest BCUT2D eigenvalue weighted by Crippen LogP contribution is 2.20. The van der Waals surface area contributed by atoms with Gasteiger partial charge in [-0.25, -0.2) is 9.97 Å². The molecular formula is C26H26N4O2. The van der Waals surface area contributed by atoms with Crippen LogP contribution in [-0.4, -0.2) is 20.4 Å². The van der Waals surface area contributed by atoms with Crippen molar-refractivity contribution >= 4 is 17.1 Å². The molecule has 0 aliphatic rings. The van der Waals surface area contributed by atoms with Crippen LogP contribution in [0.5, 0.6) is 0 Å². The first-order chi connectivity index (χ1) is 15.3. The molecule has 1 amide bonds. The van der Waals surface area contributed by atoms with Gasteiger partial charge in [0.05, 0.1) is 6.04 Å². The molecule has 6 heteroatoms. The van der Waals surface area contributed by atoms with Gasteiger partial charge in [0.1, 0.15) is 11.2 Å². The average Bonchev–Trinajstić information content (AvgIpc) is 2.79. The number of rotatable bonds is 5. The highest BCUT2D eigenvalue weighted by molar-refractivity contribution is 5.95. The van der Waals surface area contributed by atoms with E-state index in [1.807, 2.05) is 58.0 Å². The number of nitrogens with zero attached hydrogens (tertiary/aromatic N) is 3. The van der Waals surface area contributed by atoms with E-state index in [1.165, 1.54) is 5.56 Å². The van der Waals surface area contributed by atoms with Gasteiger partial charge in [-0.15, -0.1) is 0 Å². The minimum absolute atomic E-state index is 0.0602. The van der Waals surface area contributed by atoms with Crippen molar-refractivity contribution in [1.82, 2.24) is 19.9 Å². The molecular weight excluding hydrogens is 400 g/mol. The summed E-state index contributed by atoms with van der Waals surface area (Å²) in [5.41, 5.74) is 4.79. The second kappa shape index (κ2) is 8.75. The quantitative estimate of drug-likeness (QED) is 0.495. The Morgan fingerprint density at radius 2 is 1.66 bits per heavy atom. The molecule has 0 saturated heterocycles. The summed E-state index contributed by atoms with van der Waals surface area (Å²) in [5.74, 6) is -0.167. The van der Waals surface area contributed by atoms with E-state index in [4.69, 9.17) is 0 Å². The van der Waals surface area contributed by atoms with E-state index >= 15 is 0 Å². The summed E-state index contributed by atoms with van der Waals surface area (Å²) >= 11 is 0. The molecule has 6 nitrogen and oxygen atoms in total. The van der Waals surface area contributed by atoms with E-state index in [0.29, 0.717) is 28.0 Å². The number of benzene rings is 2. The van der Waals surface area contributed by atoms with Crippen LogP contribution in [0.15, 0.2) is 71.7 Å². The van der Waals surface area contributed by atoms with Gasteiger partial charge in [-0.2, -0.15) is 0 Å². The summed E-state index contributed by atoms with van der Waals surface area (Å²) in [7, 11) is 0. The molecule has 32 heavy (non-hydrogen) atoms. The summed E-state index contributed by atoms with van der Waals surface area (Å²) in [6.45, 7) is 7.88. The third-order valence-corrected chi connectivity index (χ3v) is 5.51. The molecule has 0 radical (unpaired) electrons. The lowest BCUT2D eigenvalue weighted by molar-refractivity contribution is 0.0940. The highest BCUT2D eigenvalue weighted by Gasteiger charge is 2.17. The lowest BCUT2D eigenvalue weighted by Crippen LogP contribution is -2.27. The van der Waals surface area contributed by atoms with E-state index in [-0.39, 0.29) is 23.6 Å².